The molecule has 2 heterocycles. The van der Waals surface area contributed by atoms with Crippen molar-refractivity contribution in [3.63, 3.8) is 0 Å². The molecule has 1 aromatic heterocycles. The number of hydrogen-bond donors (Lipinski definition) is 2. The summed E-state index contributed by atoms with van der Waals surface area (Å²) in [4.78, 5) is 12.3. The van der Waals surface area contributed by atoms with Gasteiger partial charge in [0.2, 0.25) is 0 Å². The smallest absolute Gasteiger partial charge is 0.315 e. The largest absolute Gasteiger partial charge is 0.376 e. The Bertz CT molecular complexity index is 954. The first kappa shape index (κ1) is 19.2. The van der Waals surface area contributed by atoms with Crippen molar-refractivity contribution in [3.8, 4) is 5.69 Å². The fourth-order valence-electron chi connectivity index (χ4n) is 3.68. The van der Waals surface area contributed by atoms with Crippen molar-refractivity contribution in [3.05, 3.63) is 83.7 Å². The minimum Gasteiger partial charge on any atom is -0.376 e. The molecule has 1 fully saturated rings. The maximum Gasteiger partial charge on any atom is 0.315 e. The molecule has 29 heavy (non-hydrogen) atoms. The van der Waals surface area contributed by atoms with Crippen molar-refractivity contribution in [2.45, 2.75) is 31.9 Å². The van der Waals surface area contributed by atoms with Crippen LogP contribution in [0.4, 0.5) is 4.79 Å². The summed E-state index contributed by atoms with van der Waals surface area (Å²) in [6, 6.07) is 20.1. The van der Waals surface area contributed by atoms with Gasteiger partial charge in [-0.25, -0.2) is 9.48 Å². The third-order valence-electron chi connectivity index (χ3n) is 5.24. The second-order valence-electron chi connectivity index (χ2n) is 7.39. The molecule has 2 aromatic carbocycles. The van der Waals surface area contributed by atoms with E-state index in [0.717, 1.165) is 23.4 Å². The van der Waals surface area contributed by atoms with Crippen LogP contribution in [-0.2, 0) is 11.3 Å². The summed E-state index contributed by atoms with van der Waals surface area (Å²) in [5, 5.41) is 10.3. The molecule has 2 N–H and O–H groups in total. The third-order valence-corrected chi connectivity index (χ3v) is 5.24. The monoisotopic (exact) mass is 390 g/mol. The highest BCUT2D eigenvalue weighted by molar-refractivity contribution is 5.74. The van der Waals surface area contributed by atoms with Crippen LogP contribution >= 0.6 is 0 Å². The fraction of sp³-hybridized carbons (Fsp3) is 0.304. The zero-order valence-corrected chi connectivity index (χ0v) is 16.5. The Hall–Kier alpha value is -3.12. The topological polar surface area (TPSA) is 68.2 Å². The molecular formula is C23H26N4O2. The van der Waals surface area contributed by atoms with Crippen molar-refractivity contribution in [2.75, 3.05) is 13.2 Å². The number of para-hydroxylation sites is 1. The van der Waals surface area contributed by atoms with Gasteiger partial charge in [-0.2, -0.15) is 5.10 Å². The quantitative estimate of drug-likeness (QED) is 0.676. The molecule has 150 valence electrons. The SMILES string of the molecule is Cc1ccn(-c2ccccc2CNC(=O)NC[C@@H]2C[C@H](c3ccccc3)CO2)n1. The second kappa shape index (κ2) is 8.92. The van der Waals surface area contributed by atoms with Gasteiger partial charge < -0.3 is 15.4 Å². The van der Waals surface area contributed by atoms with Crippen LogP contribution in [0.5, 0.6) is 0 Å². The molecule has 2 atom stereocenters. The highest BCUT2D eigenvalue weighted by Crippen LogP contribution is 2.28. The van der Waals surface area contributed by atoms with Gasteiger partial charge in [0, 0.05) is 25.2 Å². The van der Waals surface area contributed by atoms with Crippen LogP contribution in [0.25, 0.3) is 5.69 Å². The first-order chi connectivity index (χ1) is 14.2. The number of amides is 2. The van der Waals surface area contributed by atoms with E-state index in [1.165, 1.54) is 5.56 Å². The van der Waals surface area contributed by atoms with E-state index < -0.39 is 0 Å². The fourth-order valence-corrected chi connectivity index (χ4v) is 3.68. The molecule has 6 heteroatoms. The summed E-state index contributed by atoms with van der Waals surface area (Å²) in [6.45, 7) is 3.60. The first-order valence-electron chi connectivity index (χ1n) is 9.98. The predicted octanol–water partition coefficient (Wildman–Crippen LogP) is 3.55. The van der Waals surface area contributed by atoms with E-state index >= 15 is 0 Å². The average Bonchev–Trinajstić information content (AvgIpc) is 3.41. The number of nitrogens with one attached hydrogen (secondary N) is 2. The van der Waals surface area contributed by atoms with Crippen molar-refractivity contribution in [1.29, 1.82) is 0 Å². The van der Waals surface area contributed by atoms with E-state index in [-0.39, 0.29) is 12.1 Å². The maximum absolute atomic E-state index is 12.3. The number of nitrogens with zero attached hydrogens (tertiary/aromatic N) is 2. The number of carbonyl (C=O) groups is 1. The number of urea groups is 1. The minimum atomic E-state index is -0.191. The van der Waals surface area contributed by atoms with E-state index in [1.807, 2.05) is 54.2 Å². The predicted molar refractivity (Wildman–Crippen MR) is 112 cm³/mol. The van der Waals surface area contributed by atoms with Crippen molar-refractivity contribution < 1.29 is 9.53 Å². The summed E-state index contributed by atoms with van der Waals surface area (Å²) in [6.07, 6.45) is 2.89. The van der Waals surface area contributed by atoms with Crippen LogP contribution in [0.2, 0.25) is 0 Å². The van der Waals surface area contributed by atoms with Crippen LogP contribution < -0.4 is 10.6 Å². The maximum atomic E-state index is 12.3. The molecule has 6 nitrogen and oxygen atoms in total. The van der Waals surface area contributed by atoms with E-state index in [1.54, 1.807) is 0 Å². The molecule has 0 radical (unpaired) electrons. The summed E-state index contributed by atoms with van der Waals surface area (Å²) < 4.78 is 7.69. The number of aromatic nitrogens is 2. The zero-order chi connectivity index (χ0) is 20.1. The Morgan fingerprint density at radius 1 is 1.10 bits per heavy atom. The van der Waals surface area contributed by atoms with Gasteiger partial charge in [0.15, 0.2) is 0 Å². The summed E-state index contributed by atoms with van der Waals surface area (Å²) in [7, 11) is 0. The number of ether oxygens (including phenoxy) is 1. The molecule has 0 saturated carbocycles. The zero-order valence-electron chi connectivity index (χ0n) is 16.5. The molecule has 0 aliphatic carbocycles. The van der Waals surface area contributed by atoms with Gasteiger partial charge in [0.05, 0.1) is 24.1 Å². The van der Waals surface area contributed by atoms with Crippen molar-refractivity contribution in [2.24, 2.45) is 0 Å². The number of benzene rings is 2. The number of carbonyl (C=O) groups excluding carboxylic acids is 1. The van der Waals surface area contributed by atoms with Crippen molar-refractivity contribution in [1.82, 2.24) is 20.4 Å². The lowest BCUT2D eigenvalue weighted by Gasteiger charge is -2.14. The van der Waals surface area contributed by atoms with Crippen LogP contribution in [0, 0.1) is 6.92 Å². The molecular weight excluding hydrogens is 364 g/mol. The van der Waals surface area contributed by atoms with Gasteiger partial charge in [-0.05, 0) is 36.6 Å². The Morgan fingerprint density at radius 2 is 1.90 bits per heavy atom. The number of rotatable bonds is 6. The van der Waals surface area contributed by atoms with Gasteiger partial charge in [-0.15, -0.1) is 0 Å². The van der Waals surface area contributed by atoms with E-state index in [9.17, 15) is 4.79 Å². The molecule has 1 saturated heterocycles. The lowest BCUT2D eigenvalue weighted by atomic mass is 9.96. The molecule has 3 aromatic rings. The summed E-state index contributed by atoms with van der Waals surface area (Å²) >= 11 is 0. The van der Waals surface area contributed by atoms with E-state index in [2.05, 4.69) is 40.0 Å². The summed E-state index contributed by atoms with van der Waals surface area (Å²) in [5.41, 5.74) is 4.22. The third kappa shape index (κ3) is 4.84. The van der Waals surface area contributed by atoms with Gasteiger partial charge in [-0.3, -0.25) is 0 Å². The Morgan fingerprint density at radius 3 is 2.69 bits per heavy atom. The van der Waals surface area contributed by atoms with E-state index in [0.29, 0.717) is 25.6 Å². The lowest BCUT2D eigenvalue weighted by Crippen LogP contribution is -2.39. The molecule has 1 aliphatic heterocycles. The van der Waals surface area contributed by atoms with Crippen LogP contribution in [0.15, 0.2) is 66.9 Å². The molecule has 0 bridgehead atoms. The average molecular weight is 390 g/mol. The van der Waals surface area contributed by atoms with Crippen LogP contribution in [0.1, 0.15) is 29.2 Å². The van der Waals surface area contributed by atoms with Crippen LogP contribution in [-0.4, -0.2) is 35.1 Å². The highest BCUT2D eigenvalue weighted by Gasteiger charge is 2.26. The lowest BCUT2D eigenvalue weighted by molar-refractivity contribution is 0.110. The van der Waals surface area contributed by atoms with Crippen molar-refractivity contribution >= 4 is 6.03 Å². The van der Waals surface area contributed by atoms with Gasteiger partial charge in [0.25, 0.3) is 0 Å². The second-order valence-corrected chi connectivity index (χ2v) is 7.39. The Kier molecular flexibility index (Phi) is 5.91. The molecule has 2 amide bonds. The number of hydrogen-bond acceptors (Lipinski definition) is 3. The molecule has 0 unspecified atom stereocenters. The normalized spacial score (nSPS) is 18.5. The van der Waals surface area contributed by atoms with E-state index in [4.69, 9.17) is 4.74 Å². The molecule has 0 spiro atoms. The number of aryl methyl sites for hydroxylation is 1. The highest BCUT2D eigenvalue weighted by atomic mass is 16.5. The molecule has 1 aliphatic rings. The van der Waals surface area contributed by atoms with Gasteiger partial charge in [-0.1, -0.05) is 48.5 Å². The Labute approximate surface area is 170 Å². The summed E-state index contributed by atoms with van der Waals surface area (Å²) in [5.74, 6) is 0.399. The standard InChI is InChI=1S/C23H26N4O2/c1-17-11-12-27(26-17)22-10-6-5-9-19(22)14-24-23(28)25-15-21-13-20(16-29-21)18-7-3-2-4-8-18/h2-12,20-21H,13-16H2,1H3,(H2,24,25,28)/t20-,21-/m0/s1. The first-order valence-corrected chi connectivity index (χ1v) is 9.98. The van der Waals surface area contributed by atoms with Crippen LogP contribution in [0.3, 0.4) is 0 Å². The van der Waals surface area contributed by atoms with Gasteiger partial charge >= 0.3 is 6.03 Å². The minimum absolute atomic E-state index is 0.0466. The van der Waals surface area contributed by atoms with Gasteiger partial charge in [0.1, 0.15) is 0 Å². The molecule has 4 rings (SSSR count). The Balaban J connectivity index is 1.26.